The number of benzene rings is 1. The lowest BCUT2D eigenvalue weighted by molar-refractivity contribution is 0.413. The van der Waals surface area contributed by atoms with Gasteiger partial charge in [0.15, 0.2) is 0 Å². The zero-order chi connectivity index (χ0) is 6.69. The first-order chi connectivity index (χ1) is 4.34. The van der Waals surface area contributed by atoms with Crippen molar-refractivity contribution in [2.24, 2.45) is 0 Å². The van der Waals surface area contributed by atoms with Crippen molar-refractivity contribution in [3.63, 3.8) is 0 Å². The van der Waals surface area contributed by atoms with Gasteiger partial charge in [-0.15, -0.1) is 0 Å². The van der Waals surface area contributed by atoms with Crippen LogP contribution in [0.3, 0.4) is 0 Å². The number of hydrogen-bond donors (Lipinski definition) is 0. The van der Waals surface area contributed by atoms with Crippen LogP contribution in [0, 0.1) is 13.0 Å². The molecule has 0 aliphatic carbocycles. The SMILES string of the molecule is [CH2]c1cc[c]cc1OC. The molecule has 1 aromatic carbocycles. The Morgan fingerprint density at radius 3 is 2.89 bits per heavy atom. The average molecular weight is 120 g/mol. The Morgan fingerprint density at radius 1 is 1.67 bits per heavy atom. The highest BCUT2D eigenvalue weighted by Gasteiger charge is 1.91. The van der Waals surface area contributed by atoms with E-state index in [9.17, 15) is 0 Å². The first-order valence-electron chi connectivity index (χ1n) is 2.70. The molecule has 0 N–H and O–H groups in total. The van der Waals surface area contributed by atoms with Crippen LogP contribution in [-0.2, 0) is 0 Å². The number of hydrogen-bond acceptors (Lipinski definition) is 1. The van der Waals surface area contributed by atoms with E-state index in [-0.39, 0.29) is 0 Å². The van der Waals surface area contributed by atoms with E-state index < -0.39 is 0 Å². The predicted octanol–water partition coefficient (Wildman–Crippen LogP) is 1.68. The van der Waals surface area contributed by atoms with Gasteiger partial charge in [0.2, 0.25) is 0 Å². The monoisotopic (exact) mass is 120 g/mol. The third kappa shape index (κ3) is 1.22. The summed E-state index contributed by atoms with van der Waals surface area (Å²) in [5.74, 6) is 0.789. The van der Waals surface area contributed by atoms with E-state index >= 15 is 0 Å². The van der Waals surface area contributed by atoms with E-state index in [0.717, 1.165) is 11.3 Å². The fourth-order valence-electron chi connectivity index (χ4n) is 0.637. The van der Waals surface area contributed by atoms with Crippen LogP contribution in [0.1, 0.15) is 5.56 Å². The third-order valence-electron chi connectivity index (χ3n) is 1.13. The Morgan fingerprint density at radius 2 is 2.44 bits per heavy atom. The number of methoxy groups -OCH3 is 1. The van der Waals surface area contributed by atoms with Crippen molar-refractivity contribution < 1.29 is 4.74 Å². The maximum atomic E-state index is 4.95. The zero-order valence-electron chi connectivity index (χ0n) is 5.35. The molecule has 0 aliphatic rings. The van der Waals surface area contributed by atoms with Crippen molar-refractivity contribution in [2.45, 2.75) is 0 Å². The zero-order valence-corrected chi connectivity index (χ0v) is 5.35. The maximum Gasteiger partial charge on any atom is 0.122 e. The van der Waals surface area contributed by atoms with Crippen LogP contribution in [0.15, 0.2) is 18.2 Å². The Labute approximate surface area is 55.3 Å². The van der Waals surface area contributed by atoms with E-state index in [2.05, 4.69) is 13.0 Å². The Hall–Kier alpha value is -0.980. The van der Waals surface area contributed by atoms with E-state index in [4.69, 9.17) is 4.74 Å². The Balaban J connectivity index is 3.01. The van der Waals surface area contributed by atoms with E-state index in [1.165, 1.54) is 0 Å². The Kier molecular flexibility index (Phi) is 1.73. The molecule has 0 saturated heterocycles. The molecule has 1 rings (SSSR count). The second kappa shape index (κ2) is 2.53. The average Bonchev–Trinajstić information content (AvgIpc) is 1.89. The molecule has 9 heavy (non-hydrogen) atoms. The van der Waals surface area contributed by atoms with E-state index in [1.54, 1.807) is 13.2 Å². The quantitative estimate of drug-likeness (QED) is 0.547. The minimum absolute atomic E-state index is 0.789. The summed E-state index contributed by atoms with van der Waals surface area (Å²) in [6.07, 6.45) is 0. The predicted molar refractivity (Wildman–Crippen MR) is 36.3 cm³/mol. The topological polar surface area (TPSA) is 9.23 Å². The lowest BCUT2D eigenvalue weighted by Gasteiger charge is -2.00. The molecule has 1 nitrogen and oxygen atoms in total. The molecule has 0 aromatic heterocycles. The van der Waals surface area contributed by atoms with Crippen molar-refractivity contribution >= 4 is 0 Å². The summed E-state index contributed by atoms with van der Waals surface area (Å²) < 4.78 is 4.95. The molecule has 1 aromatic rings. The number of ether oxygens (including phenoxy) is 1. The molecule has 2 radical (unpaired) electrons. The van der Waals surface area contributed by atoms with Gasteiger partial charge in [-0.05, 0) is 24.6 Å². The highest BCUT2D eigenvalue weighted by molar-refractivity contribution is 5.34. The van der Waals surface area contributed by atoms with Crippen LogP contribution < -0.4 is 4.74 Å². The van der Waals surface area contributed by atoms with Gasteiger partial charge >= 0.3 is 0 Å². The molecule has 0 aliphatic heterocycles. The fraction of sp³-hybridized carbons (Fsp3) is 0.125. The second-order valence-corrected chi connectivity index (χ2v) is 1.74. The maximum absolute atomic E-state index is 4.95. The standard InChI is InChI=1S/C8H8O/c1-7-5-3-4-6-8(7)9-2/h3,5-6H,1H2,2H3. The van der Waals surface area contributed by atoms with Crippen LogP contribution in [0.5, 0.6) is 5.75 Å². The minimum Gasteiger partial charge on any atom is -0.496 e. The van der Waals surface area contributed by atoms with E-state index in [0.29, 0.717) is 0 Å². The summed E-state index contributed by atoms with van der Waals surface area (Å²) in [7, 11) is 1.62. The van der Waals surface area contributed by atoms with Gasteiger partial charge in [0.05, 0.1) is 7.11 Å². The number of rotatable bonds is 1. The van der Waals surface area contributed by atoms with E-state index in [1.807, 2.05) is 12.1 Å². The molecule has 0 heterocycles. The van der Waals surface area contributed by atoms with Crippen molar-refractivity contribution in [1.82, 2.24) is 0 Å². The summed E-state index contributed by atoms with van der Waals surface area (Å²) in [4.78, 5) is 0. The van der Waals surface area contributed by atoms with Crippen molar-refractivity contribution in [1.29, 1.82) is 0 Å². The smallest absolute Gasteiger partial charge is 0.122 e. The summed E-state index contributed by atoms with van der Waals surface area (Å²) in [5, 5.41) is 0. The molecule has 0 saturated carbocycles. The lowest BCUT2D eigenvalue weighted by atomic mass is 10.2. The van der Waals surface area contributed by atoms with Gasteiger partial charge in [0.25, 0.3) is 0 Å². The third-order valence-corrected chi connectivity index (χ3v) is 1.13. The summed E-state index contributed by atoms with van der Waals surface area (Å²) in [6.45, 7) is 3.75. The fourth-order valence-corrected chi connectivity index (χ4v) is 0.637. The second-order valence-electron chi connectivity index (χ2n) is 1.74. The molecule has 0 bridgehead atoms. The van der Waals surface area contributed by atoms with Crippen LogP contribution in [0.2, 0.25) is 0 Å². The van der Waals surface area contributed by atoms with Crippen LogP contribution >= 0.6 is 0 Å². The molecule has 1 heteroatoms. The highest BCUT2D eigenvalue weighted by atomic mass is 16.5. The molecular formula is C8H8O. The van der Waals surface area contributed by atoms with Crippen molar-refractivity contribution in [2.75, 3.05) is 7.11 Å². The van der Waals surface area contributed by atoms with Gasteiger partial charge < -0.3 is 4.74 Å². The lowest BCUT2D eigenvalue weighted by Crippen LogP contribution is -1.84. The van der Waals surface area contributed by atoms with Crippen LogP contribution in [-0.4, -0.2) is 7.11 Å². The normalized spacial score (nSPS) is 9.11. The van der Waals surface area contributed by atoms with Crippen molar-refractivity contribution in [3.05, 3.63) is 36.8 Å². The van der Waals surface area contributed by atoms with Gasteiger partial charge in [-0.2, -0.15) is 0 Å². The molecular weight excluding hydrogens is 112 g/mol. The first kappa shape index (κ1) is 6.14. The Bertz CT molecular complexity index is 194. The van der Waals surface area contributed by atoms with Crippen molar-refractivity contribution in [3.8, 4) is 5.75 Å². The van der Waals surface area contributed by atoms with Crippen LogP contribution in [0.25, 0.3) is 0 Å². The van der Waals surface area contributed by atoms with Gasteiger partial charge in [-0.3, -0.25) is 0 Å². The molecule has 46 valence electrons. The van der Waals surface area contributed by atoms with Gasteiger partial charge in [-0.25, -0.2) is 0 Å². The van der Waals surface area contributed by atoms with Gasteiger partial charge in [0, 0.05) is 0 Å². The minimum atomic E-state index is 0.789. The summed E-state index contributed by atoms with van der Waals surface area (Å²) in [5.41, 5.74) is 0.899. The first-order valence-corrected chi connectivity index (χ1v) is 2.70. The molecule has 0 atom stereocenters. The van der Waals surface area contributed by atoms with Gasteiger partial charge in [0.1, 0.15) is 5.75 Å². The van der Waals surface area contributed by atoms with Gasteiger partial charge in [-0.1, -0.05) is 12.1 Å². The largest absolute Gasteiger partial charge is 0.496 e. The highest BCUT2D eigenvalue weighted by Crippen LogP contribution is 2.13. The summed E-state index contributed by atoms with van der Waals surface area (Å²) >= 11 is 0. The molecule has 0 unspecified atom stereocenters. The molecule has 0 fully saturated rings. The van der Waals surface area contributed by atoms with Crippen LogP contribution in [0.4, 0.5) is 0 Å². The summed E-state index contributed by atoms with van der Waals surface area (Å²) in [6, 6.07) is 8.32. The molecule has 0 spiro atoms. The molecule has 0 amide bonds.